The lowest BCUT2D eigenvalue weighted by Crippen LogP contribution is -2.46. The van der Waals surface area contributed by atoms with E-state index in [9.17, 15) is 9.59 Å². The molecule has 128 valence electrons. The molecule has 2 aromatic rings. The lowest BCUT2D eigenvalue weighted by molar-refractivity contribution is -0.125. The summed E-state index contributed by atoms with van der Waals surface area (Å²) in [7, 11) is 0. The van der Waals surface area contributed by atoms with Crippen LogP contribution >= 0.6 is 11.6 Å². The van der Waals surface area contributed by atoms with Gasteiger partial charge in [0.15, 0.2) is 0 Å². The quantitative estimate of drug-likeness (QED) is 0.736. The van der Waals surface area contributed by atoms with Crippen LogP contribution in [0, 0.1) is 5.92 Å². The second-order valence-electron chi connectivity index (χ2n) is 5.65. The molecule has 0 unspecified atom stereocenters. The summed E-state index contributed by atoms with van der Waals surface area (Å²) >= 11 is 6.21. The van der Waals surface area contributed by atoms with Crippen LogP contribution in [0.2, 0.25) is 5.02 Å². The van der Waals surface area contributed by atoms with E-state index in [-0.39, 0.29) is 24.3 Å². The van der Waals surface area contributed by atoms with Gasteiger partial charge in [-0.1, -0.05) is 25.4 Å². The molecule has 1 atom stereocenters. The van der Waals surface area contributed by atoms with Crippen molar-refractivity contribution in [3.63, 3.8) is 0 Å². The molecule has 0 aliphatic carbocycles. The highest BCUT2D eigenvalue weighted by Gasteiger charge is 2.17. The first-order valence-electron chi connectivity index (χ1n) is 7.51. The zero-order valence-corrected chi connectivity index (χ0v) is 14.2. The third-order valence-corrected chi connectivity index (χ3v) is 3.73. The van der Waals surface area contributed by atoms with Gasteiger partial charge >= 0.3 is 0 Å². The predicted octanol–water partition coefficient (Wildman–Crippen LogP) is 1.56. The van der Waals surface area contributed by atoms with E-state index in [1.807, 2.05) is 13.8 Å². The highest BCUT2D eigenvalue weighted by atomic mass is 35.5. The van der Waals surface area contributed by atoms with Crippen LogP contribution in [-0.4, -0.2) is 34.2 Å². The molecular formula is C16H20ClN5O2. The first kappa shape index (κ1) is 18.0. The van der Waals surface area contributed by atoms with Crippen LogP contribution in [-0.2, 0) is 9.59 Å². The lowest BCUT2D eigenvalue weighted by atomic mass is 10.1. The summed E-state index contributed by atoms with van der Waals surface area (Å²) in [4.78, 5) is 23.6. The highest BCUT2D eigenvalue weighted by Crippen LogP contribution is 2.23. The Labute approximate surface area is 145 Å². The van der Waals surface area contributed by atoms with E-state index in [4.69, 9.17) is 17.3 Å². The largest absolute Gasteiger partial charge is 0.346 e. The van der Waals surface area contributed by atoms with Crippen LogP contribution < -0.4 is 16.4 Å². The van der Waals surface area contributed by atoms with Gasteiger partial charge in [-0.05, 0) is 30.2 Å². The van der Waals surface area contributed by atoms with Crippen molar-refractivity contribution in [1.82, 2.24) is 15.1 Å². The van der Waals surface area contributed by atoms with E-state index in [1.165, 1.54) is 0 Å². The smallest absolute Gasteiger partial charge is 0.243 e. The summed E-state index contributed by atoms with van der Waals surface area (Å²) in [6.45, 7) is 3.53. The average molecular weight is 350 g/mol. The van der Waals surface area contributed by atoms with Crippen molar-refractivity contribution in [3.05, 3.63) is 41.7 Å². The van der Waals surface area contributed by atoms with E-state index in [2.05, 4.69) is 15.7 Å². The SMILES string of the molecule is CC(C)[C@H](N)C(=O)NCC(=O)Nc1ccc(-n2cccn2)c(Cl)c1. The standard InChI is InChI=1S/C16H20ClN5O2/c1-10(2)15(18)16(24)19-9-14(23)21-11-4-5-13(12(17)8-11)22-7-3-6-20-22/h3-8,10,15H,9,18H2,1-2H3,(H,19,24)(H,21,23)/t15-/m0/s1. The topological polar surface area (TPSA) is 102 Å². The third kappa shape index (κ3) is 4.56. The van der Waals surface area contributed by atoms with Gasteiger partial charge in [-0.2, -0.15) is 5.10 Å². The maximum absolute atomic E-state index is 11.9. The van der Waals surface area contributed by atoms with Crippen molar-refractivity contribution in [2.75, 3.05) is 11.9 Å². The summed E-state index contributed by atoms with van der Waals surface area (Å²) in [6, 6.07) is 6.23. The van der Waals surface area contributed by atoms with Crippen LogP contribution in [0.5, 0.6) is 0 Å². The Morgan fingerprint density at radius 1 is 1.38 bits per heavy atom. The number of carbonyl (C=O) groups excluding carboxylic acids is 2. The molecule has 2 rings (SSSR count). The molecule has 2 amide bonds. The van der Waals surface area contributed by atoms with Gasteiger partial charge in [-0.3, -0.25) is 9.59 Å². The maximum Gasteiger partial charge on any atom is 0.243 e. The number of hydrogen-bond donors (Lipinski definition) is 3. The van der Waals surface area contributed by atoms with Gasteiger partial charge in [-0.15, -0.1) is 0 Å². The fourth-order valence-electron chi connectivity index (χ4n) is 1.97. The molecule has 4 N–H and O–H groups in total. The van der Waals surface area contributed by atoms with Gasteiger partial charge < -0.3 is 16.4 Å². The number of nitrogens with two attached hydrogens (primary N) is 1. The predicted molar refractivity (Wildman–Crippen MR) is 93.0 cm³/mol. The first-order chi connectivity index (χ1) is 11.4. The number of hydrogen-bond acceptors (Lipinski definition) is 4. The summed E-state index contributed by atoms with van der Waals surface area (Å²) in [5.41, 5.74) is 6.95. The number of amides is 2. The highest BCUT2D eigenvalue weighted by molar-refractivity contribution is 6.32. The molecule has 8 heteroatoms. The molecule has 1 aromatic heterocycles. The Kier molecular flexibility index (Phi) is 5.94. The number of aromatic nitrogens is 2. The third-order valence-electron chi connectivity index (χ3n) is 3.43. The van der Waals surface area contributed by atoms with Crippen molar-refractivity contribution in [3.8, 4) is 5.69 Å². The minimum atomic E-state index is -0.638. The Bertz CT molecular complexity index is 715. The number of benzene rings is 1. The van der Waals surface area contributed by atoms with Crippen molar-refractivity contribution < 1.29 is 9.59 Å². The molecule has 0 fully saturated rings. The van der Waals surface area contributed by atoms with Gasteiger partial charge in [0, 0.05) is 18.1 Å². The fraction of sp³-hybridized carbons (Fsp3) is 0.312. The number of carbonyl (C=O) groups is 2. The zero-order valence-electron chi connectivity index (χ0n) is 13.5. The van der Waals surface area contributed by atoms with Gasteiger partial charge in [0.05, 0.1) is 23.3 Å². The van der Waals surface area contributed by atoms with Gasteiger partial charge in [0.25, 0.3) is 0 Å². The number of nitrogens with zero attached hydrogens (tertiary/aromatic N) is 2. The molecule has 0 saturated carbocycles. The summed E-state index contributed by atoms with van der Waals surface area (Å²) in [6.07, 6.45) is 3.42. The van der Waals surface area contributed by atoms with Crippen molar-refractivity contribution in [2.45, 2.75) is 19.9 Å². The van der Waals surface area contributed by atoms with Crippen LogP contribution in [0.3, 0.4) is 0 Å². The van der Waals surface area contributed by atoms with Crippen LogP contribution in [0.25, 0.3) is 5.69 Å². The van der Waals surface area contributed by atoms with Crippen molar-refractivity contribution >= 4 is 29.1 Å². The molecule has 0 aliphatic rings. The van der Waals surface area contributed by atoms with Crippen molar-refractivity contribution in [1.29, 1.82) is 0 Å². The van der Waals surface area contributed by atoms with Gasteiger partial charge in [0.2, 0.25) is 11.8 Å². The minimum absolute atomic E-state index is 0.00158. The zero-order chi connectivity index (χ0) is 17.7. The Hall–Kier alpha value is -2.38. The normalized spacial score (nSPS) is 12.0. The van der Waals surface area contributed by atoms with Gasteiger partial charge in [-0.25, -0.2) is 4.68 Å². The van der Waals surface area contributed by atoms with Crippen LogP contribution in [0.4, 0.5) is 5.69 Å². The number of halogens is 1. The molecule has 0 spiro atoms. The fourth-order valence-corrected chi connectivity index (χ4v) is 2.24. The molecule has 0 saturated heterocycles. The second kappa shape index (κ2) is 7.94. The maximum atomic E-state index is 11.9. The van der Waals surface area contributed by atoms with Gasteiger partial charge in [0.1, 0.15) is 0 Å². The van der Waals surface area contributed by atoms with E-state index < -0.39 is 6.04 Å². The van der Waals surface area contributed by atoms with E-state index >= 15 is 0 Å². The van der Waals surface area contributed by atoms with E-state index in [0.717, 1.165) is 0 Å². The summed E-state index contributed by atoms with van der Waals surface area (Å²) < 4.78 is 1.63. The monoisotopic (exact) mass is 349 g/mol. The molecular weight excluding hydrogens is 330 g/mol. The molecule has 0 aliphatic heterocycles. The minimum Gasteiger partial charge on any atom is -0.346 e. The molecule has 1 heterocycles. The Balaban J connectivity index is 1.93. The van der Waals surface area contributed by atoms with Crippen molar-refractivity contribution in [2.24, 2.45) is 11.7 Å². The van der Waals surface area contributed by atoms with Crippen LogP contribution in [0.15, 0.2) is 36.7 Å². The number of nitrogens with one attached hydrogen (secondary N) is 2. The number of rotatable bonds is 6. The average Bonchev–Trinajstić information content (AvgIpc) is 3.06. The molecule has 24 heavy (non-hydrogen) atoms. The van der Waals surface area contributed by atoms with E-state index in [1.54, 1.807) is 41.3 Å². The second-order valence-corrected chi connectivity index (χ2v) is 6.06. The Morgan fingerprint density at radius 2 is 2.12 bits per heavy atom. The molecule has 0 radical (unpaired) electrons. The molecule has 7 nitrogen and oxygen atoms in total. The summed E-state index contributed by atoms with van der Waals surface area (Å²) in [5, 5.41) is 9.73. The molecule has 1 aromatic carbocycles. The Morgan fingerprint density at radius 3 is 2.71 bits per heavy atom. The number of anilines is 1. The summed E-state index contributed by atoms with van der Waals surface area (Å²) in [5.74, 6) is -0.712. The molecule has 0 bridgehead atoms. The van der Waals surface area contributed by atoms with E-state index in [0.29, 0.717) is 16.4 Å². The first-order valence-corrected chi connectivity index (χ1v) is 7.89. The lowest BCUT2D eigenvalue weighted by Gasteiger charge is -2.15. The van der Waals surface area contributed by atoms with Crippen LogP contribution in [0.1, 0.15) is 13.8 Å².